The summed E-state index contributed by atoms with van der Waals surface area (Å²) >= 11 is 0. The normalized spacial score (nSPS) is 19.5. The third kappa shape index (κ3) is 6.15. The van der Waals surface area contributed by atoms with Crippen molar-refractivity contribution in [3.05, 3.63) is 71.1 Å². The lowest BCUT2D eigenvalue weighted by atomic mass is 9.79. The SMILES string of the molecule is CCCCC1CCCC(Cn2c(-c3ccc(N4CCOCC4)nc3)nc3ccc(-c4ccc(O)cc4)cc3c2=O)C1. The maximum Gasteiger partial charge on any atom is 0.261 e. The summed E-state index contributed by atoms with van der Waals surface area (Å²) in [5.74, 6) is 3.05. The van der Waals surface area contributed by atoms with E-state index in [0.717, 1.165) is 47.9 Å². The fourth-order valence-electron chi connectivity index (χ4n) is 6.52. The van der Waals surface area contributed by atoms with Crippen molar-refractivity contribution in [1.29, 1.82) is 0 Å². The van der Waals surface area contributed by atoms with Crippen LogP contribution in [0.5, 0.6) is 5.75 Å². The number of ether oxygens (including phenoxy) is 1. The molecule has 7 heteroatoms. The monoisotopic (exact) mass is 552 g/mol. The number of benzene rings is 2. The van der Waals surface area contributed by atoms with E-state index in [2.05, 4.69) is 17.9 Å². The van der Waals surface area contributed by atoms with Crippen LogP contribution >= 0.6 is 0 Å². The third-order valence-electron chi connectivity index (χ3n) is 8.79. The van der Waals surface area contributed by atoms with Crippen molar-refractivity contribution in [1.82, 2.24) is 14.5 Å². The Balaban J connectivity index is 1.39. The molecule has 4 aromatic rings. The topological polar surface area (TPSA) is 80.5 Å². The van der Waals surface area contributed by atoms with E-state index in [0.29, 0.717) is 42.4 Å². The number of anilines is 1. The van der Waals surface area contributed by atoms with Crippen molar-refractivity contribution in [3.63, 3.8) is 0 Å². The molecule has 1 saturated heterocycles. The average molecular weight is 553 g/mol. The van der Waals surface area contributed by atoms with Crippen LogP contribution in [0.3, 0.4) is 0 Å². The molecule has 1 aliphatic carbocycles. The molecule has 2 aliphatic rings. The van der Waals surface area contributed by atoms with E-state index in [1.54, 1.807) is 12.1 Å². The van der Waals surface area contributed by atoms with Crippen molar-refractivity contribution < 1.29 is 9.84 Å². The zero-order chi connectivity index (χ0) is 28.2. The second-order valence-corrected chi connectivity index (χ2v) is 11.7. The van der Waals surface area contributed by atoms with Crippen molar-refractivity contribution in [3.8, 4) is 28.3 Å². The third-order valence-corrected chi connectivity index (χ3v) is 8.79. The van der Waals surface area contributed by atoms with Gasteiger partial charge in [0.1, 0.15) is 17.4 Å². The van der Waals surface area contributed by atoms with Gasteiger partial charge in [-0.3, -0.25) is 9.36 Å². The van der Waals surface area contributed by atoms with Gasteiger partial charge in [-0.2, -0.15) is 0 Å². The Kier molecular flexibility index (Phi) is 8.33. The summed E-state index contributed by atoms with van der Waals surface area (Å²) in [7, 11) is 0. The van der Waals surface area contributed by atoms with Crippen LogP contribution in [0.4, 0.5) is 5.82 Å². The number of phenolic OH excluding ortho intramolecular Hbond substituents is 1. The summed E-state index contributed by atoms with van der Waals surface area (Å²) in [6, 6.07) is 17.1. The number of phenols is 1. The van der Waals surface area contributed by atoms with Crippen LogP contribution in [0.2, 0.25) is 0 Å². The summed E-state index contributed by atoms with van der Waals surface area (Å²) in [4.78, 5) is 26.3. The van der Waals surface area contributed by atoms with Gasteiger partial charge in [-0.15, -0.1) is 0 Å². The Morgan fingerprint density at radius 1 is 0.951 bits per heavy atom. The van der Waals surface area contributed by atoms with Crippen LogP contribution in [0, 0.1) is 11.8 Å². The molecule has 2 atom stereocenters. The van der Waals surface area contributed by atoms with E-state index in [-0.39, 0.29) is 11.3 Å². The number of aromatic nitrogens is 3. The van der Waals surface area contributed by atoms with E-state index >= 15 is 0 Å². The molecule has 2 aromatic heterocycles. The quantitative estimate of drug-likeness (QED) is 0.263. The summed E-state index contributed by atoms with van der Waals surface area (Å²) in [6.45, 7) is 6.01. The molecule has 2 aromatic carbocycles. The second kappa shape index (κ2) is 12.4. The number of hydrogen-bond donors (Lipinski definition) is 1. The minimum Gasteiger partial charge on any atom is -0.508 e. The number of unbranched alkanes of at least 4 members (excludes halogenated alkanes) is 1. The van der Waals surface area contributed by atoms with Gasteiger partial charge in [-0.05, 0) is 72.2 Å². The van der Waals surface area contributed by atoms with Gasteiger partial charge in [-0.1, -0.05) is 57.2 Å². The van der Waals surface area contributed by atoms with Gasteiger partial charge in [-0.25, -0.2) is 9.97 Å². The molecule has 2 unspecified atom stereocenters. The standard InChI is InChI=1S/C34H40N4O3/c1-2-3-5-24-6-4-7-25(20-24)23-38-33(28-11-15-32(35-22-28)37-16-18-41-19-17-37)36-31-14-10-27(21-30(31)34(38)40)26-8-12-29(39)13-9-26/h8-15,21-22,24-25,39H,2-7,16-20,23H2,1H3. The lowest BCUT2D eigenvalue weighted by Gasteiger charge is -2.30. The summed E-state index contributed by atoms with van der Waals surface area (Å²) in [5.41, 5.74) is 3.43. The lowest BCUT2D eigenvalue weighted by molar-refractivity contribution is 0.122. The molecule has 3 heterocycles. The van der Waals surface area contributed by atoms with Crippen LogP contribution in [-0.4, -0.2) is 45.9 Å². The number of rotatable bonds is 8. The fraction of sp³-hybridized carbons (Fsp3) is 0.441. The predicted octanol–water partition coefficient (Wildman–Crippen LogP) is 6.66. The summed E-state index contributed by atoms with van der Waals surface area (Å²) in [6.07, 6.45) is 10.5. The molecule has 0 radical (unpaired) electrons. The van der Waals surface area contributed by atoms with Crippen LogP contribution in [0.1, 0.15) is 51.9 Å². The minimum absolute atomic E-state index is 0.00133. The first-order valence-electron chi connectivity index (χ1n) is 15.2. The van der Waals surface area contributed by atoms with E-state index in [1.165, 1.54) is 38.5 Å². The molecule has 2 fully saturated rings. The molecule has 7 nitrogen and oxygen atoms in total. The van der Waals surface area contributed by atoms with Crippen molar-refractivity contribution in [2.75, 3.05) is 31.2 Å². The van der Waals surface area contributed by atoms with Crippen LogP contribution in [0.25, 0.3) is 33.4 Å². The molecule has 41 heavy (non-hydrogen) atoms. The smallest absolute Gasteiger partial charge is 0.261 e. The summed E-state index contributed by atoms with van der Waals surface area (Å²) in [5, 5.41) is 10.4. The van der Waals surface area contributed by atoms with Crippen molar-refractivity contribution in [2.45, 2.75) is 58.4 Å². The molecule has 0 amide bonds. The highest BCUT2D eigenvalue weighted by Gasteiger charge is 2.24. The highest BCUT2D eigenvalue weighted by Crippen LogP contribution is 2.34. The number of morpholine rings is 1. The van der Waals surface area contributed by atoms with E-state index in [4.69, 9.17) is 14.7 Å². The Morgan fingerprint density at radius 3 is 2.46 bits per heavy atom. The van der Waals surface area contributed by atoms with Gasteiger partial charge in [0.25, 0.3) is 5.56 Å². The highest BCUT2D eigenvalue weighted by molar-refractivity contribution is 5.85. The van der Waals surface area contributed by atoms with Gasteiger partial charge in [0, 0.05) is 31.4 Å². The zero-order valence-electron chi connectivity index (χ0n) is 24.0. The summed E-state index contributed by atoms with van der Waals surface area (Å²) < 4.78 is 7.42. The van der Waals surface area contributed by atoms with Crippen LogP contribution < -0.4 is 10.5 Å². The zero-order valence-corrected chi connectivity index (χ0v) is 24.0. The Bertz CT molecular complexity index is 1530. The first kappa shape index (κ1) is 27.5. The molecular weight excluding hydrogens is 512 g/mol. The maximum absolute atomic E-state index is 14.2. The first-order valence-corrected chi connectivity index (χ1v) is 15.2. The van der Waals surface area contributed by atoms with E-state index < -0.39 is 0 Å². The van der Waals surface area contributed by atoms with Crippen molar-refractivity contribution in [2.24, 2.45) is 11.8 Å². The maximum atomic E-state index is 14.2. The molecule has 0 bridgehead atoms. The van der Waals surface area contributed by atoms with Gasteiger partial charge >= 0.3 is 0 Å². The molecule has 1 aliphatic heterocycles. The van der Waals surface area contributed by atoms with Gasteiger partial charge in [0.2, 0.25) is 0 Å². The average Bonchev–Trinajstić information content (AvgIpc) is 3.02. The molecule has 214 valence electrons. The lowest BCUT2D eigenvalue weighted by Crippen LogP contribution is -2.36. The Hall–Kier alpha value is -3.71. The Labute approximate surface area is 241 Å². The highest BCUT2D eigenvalue weighted by atomic mass is 16.5. The Morgan fingerprint density at radius 2 is 1.71 bits per heavy atom. The fourth-order valence-corrected chi connectivity index (χ4v) is 6.52. The minimum atomic E-state index is -0.00133. The number of aromatic hydroxyl groups is 1. The van der Waals surface area contributed by atoms with Crippen molar-refractivity contribution >= 4 is 16.7 Å². The number of pyridine rings is 1. The number of nitrogens with zero attached hydrogens (tertiary/aromatic N) is 4. The number of fused-ring (bicyclic) bond motifs is 1. The molecule has 1 N–H and O–H groups in total. The largest absolute Gasteiger partial charge is 0.508 e. The van der Waals surface area contributed by atoms with E-state index in [9.17, 15) is 9.90 Å². The molecule has 1 saturated carbocycles. The molecule has 6 rings (SSSR count). The van der Waals surface area contributed by atoms with Crippen LogP contribution in [-0.2, 0) is 11.3 Å². The molecular formula is C34H40N4O3. The first-order chi connectivity index (χ1) is 20.1. The van der Waals surface area contributed by atoms with Gasteiger partial charge in [0.05, 0.1) is 24.1 Å². The van der Waals surface area contributed by atoms with Crippen LogP contribution in [0.15, 0.2) is 65.6 Å². The molecule has 0 spiro atoms. The number of hydrogen-bond acceptors (Lipinski definition) is 6. The second-order valence-electron chi connectivity index (χ2n) is 11.7. The van der Waals surface area contributed by atoms with Gasteiger partial charge in [0.15, 0.2) is 0 Å². The van der Waals surface area contributed by atoms with Gasteiger partial charge < -0.3 is 14.7 Å². The van der Waals surface area contributed by atoms with E-state index in [1.807, 2.05) is 47.2 Å². The predicted molar refractivity (Wildman–Crippen MR) is 164 cm³/mol.